The maximum Gasteiger partial charge on any atom is 0.239 e. The van der Waals surface area contributed by atoms with E-state index in [0.29, 0.717) is 12.1 Å². The summed E-state index contributed by atoms with van der Waals surface area (Å²) in [6.07, 6.45) is 0.461. The van der Waals surface area contributed by atoms with Crippen molar-refractivity contribution in [1.82, 2.24) is 0 Å². The van der Waals surface area contributed by atoms with Crippen LogP contribution >= 0.6 is 0 Å². The van der Waals surface area contributed by atoms with Crippen molar-refractivity contribution < 1.29 is 14.4 Å². The van der Waals surface area contributed by atoms with Gasteiger partial charge in [-0.1, -0.05) is 79.7 Å². The van der Waals surface area contributed by atoms with E-state index < -0.39 is 22.7 Å². The molecular formula is C32H29NO3. The second kappa shape index (κ2) is 7.60. The second-order valence-electron chi connectivity index (χ2n) is 10.6. The van der Waals surface area contributed by atoms with Crippen LogP contribution in [0.3, 0.4) is 0 Å². The second-order valence-corrected chi connectivity index (χ2v) is 10.6. The van der Waals surface area contributed by atoms with Gasteiger partial charge in [0.15, 0.2) is 5.78 Å². The average molecular weight is 476 g/mol. The molecule has 0 radical (unpaired) electrons. The van der Waals surface area contributed by atoms with Crippen molar-refractivity contribution in [2.24, 2.45) is 22.7 Å². The smallest absolute Gasteiger partial charge is 0.239 e. The summed E-state index contributed by atoms with van der Waals surface area (Å²) in [6, 6.07) is 25.7. The van der Waals surface area contributed by atoms with Gasteiger partial charge < -0.3 is 0 Å². The summed E-state index contributed by atoms with van der Waals surface area (Å²) in [7, 11) is 0. The van der Waals surface area contributed by atoms with Crippen LogP contribution in [0.1, 0.15) is 42.5 Å². The van der Waals surface area contributed by atoms with Gasteiger partial charge >= 0.3 is 0 Å². The van der Waals surface area contributed by atoms with Gasteiger partial charge in [0.25, 0.3) is 0 Å². The van der Waals surface area contributed by atoms with E-state index in [4.69, 9.17) is 0 Å². The maximum atomic E-state index is 14.5. The van der Waals surface area contributed by atoms with Crippen LogP contribution in [-0.4, -0.2) is 17.6 Å². The third-order valence-electron chi connectivity index (χ3n) is 8.84. The number of Topliss-reactive ketones (excluding diaryl/α,β-unsaturated/α-hetero) is 1. The summed E-state index contributed by atoms with van der Waals surface area (Å²) in [5, 5.41) is 0. The Balaban J connectivity index is 1.65. The van der Waals surface area contributed by atoms with Gasteiger partial charge in [0.05, 0.1) is 28.4 Å². The Labute approximate surface area is 211 Å². The van der Waals surface area contributed by atoms with Crippen molar-refractivity contribution in [3.63, 3.8) is 0 Å². The summed E-state index contributed by atoms with van der Waals surface area (Å²) >= 11 is 0. The number of aryl methyl sites for hydroxylation is 2. The summed E-state index contributed by atoms with van der Waals surface area (Å²) in [5.41, 5.74) is 4.03. The summed E-state index contributed by atoms with van der Waals surface area (Å²) in [4.78, 5) is 44.4. The fraction of sp³-hybridized carbons (Fsp3) is 0.281. The van der Waals surface area contributed by atoms with Crippen LogP contribution in [0.5, 0.6) is 0 Å². The number of fused-ring (bicyclic) bond motifs is 5. The van der Waals surface area contributed by atoms with E-state index in [0.717, 1.165) is 33.4 Å². The van der Waals surface area contributed by atoms with Gasteiger partial charge in [0, 0.05) is 0 Å². The van der Waals surface area contributed by atoms with Crippen molar-refractivity contribution in [3.8, 4) is 0 Å². The fourth-order valence-corrected chi connectivity index (χ4v) is 7.32. The van der Waals surface area contributed by atoms with Crippen LogP contribution in [-0.2, 0) is 14.4 Å². The number of amides is 2. The Kier molecular flexibility index (Phi) is 4.79. The van der Waals surface area contributed by atoms with E-state index in [-0.39, 0.29) is 17.6 Å². The lowest BCUT2D eigenvalue weighted by Gasteiger charge is -2.37. The number of hydrogen-bond acceptors (Lipinski definition) is 3. The topological polar surface area (TPSA) is 54.5 Å². The van der Waals surface area contributed by atoms with Gasteiger partial charge in [0.2, 0.25) is 11.8 Å². The number of carbonyl (C=O) groups is 3. The molecule has 1 saturated carbocycles. The molecule has 4 heteroatoms. The van der Waals surface area contributed by atoms with Gasteiger partial charge in [-0.2, -0.15) is 0 Å². The molecular weight excluding hydrogens is 446 g/mol. The number of carbonyl (C=O) groups excluding carboxylic acids is 3. The third kappa shape index (κ3) is 2.57. The van der Waals surface area contributed by atoms with Gasteiger partial charge in [-0.15, -0.1) is 0 Å². The third-order valence-corrected chi connectivity index (χ3v) is 8.84. The molecule has 4 atom stereocenters. The van der Waals surface area contributed by atoms with Crippen LogP contribution in [0.4, 0.5) is 5.69 Å². The molecule has 4 nitrogen and oxygen atoms in total. The molecule has 3 aromatic rings. The molecule has 2 amide bonds. The minimum Gasteiger partial charge on any atom is -0.298 e. The molecule has 3 aromatic carbocycles. The number of hydrogen-bond donors (Lipinski definition) is 0. The molecule has 0 unspecified atom stereocenters. The van der Waals surface area contributed by atoms with E-state index in [1.165, 1.54) is 4.90 Å². The zero-order valence-corrected chi connectivity index (χ0v) is 21.0. The Hall–Kier alpha value is -3.79. The van der Waals surface area contributed by atoms with Crippen molar-refractivity contribution in [3.05, 3.63) is 101 Å². The van der Waals surface area contributed by atoms with Crippen LogP contribution in [0, 0.1) is 36.5 Å². The first-order valence-electron chi connectivity index (χ1n) is 12.6. The first-order valence-corrected chi connectivity index (χ1v) is 12.6. The molecule has 0 N–H and O–H groups in total. The summed E-state index contributed by atoms with van der Waals surface area (Å²) < 4.78 is 0. The van der Waals surface area contributed by atoms with Crippen molar-refractivity contribution in [1.29, 1.82) is 0 Å². The Morgan fingerprint density at radius 2 is 1.31 bits per heavy atom. The Bertz CT molecular complexity index is 1470. The molecule has 2 bridgehead atoms. The first kappa shape index (κ1) is 22.7. The zero-order valence-electron chi connectivity index (χ0n) is 21.0. The van der Waals surface area contributed by atoms with Gasteiger partial charge in [-0.25, -0.2) is 4.90 Å². The predicted octanol–water partition coefficient (Wildman–Crippen LogP) is 6.02. The zero-order chi connectivity index (χ0) is 25.4. The number of imide groups is 1. The number of benzene rings is 3. The molecule has 36 heavy (non-hydrogen) atoms. The molecule has 1 heterocycles. The highest BCUT2D eigenvalue weighted by Crippen LogP contribution is 2.74. The van der Waals surface area contributed by atoms with E-state index in [9.17, 15) is 14.4 Å². The highest BCUT2D eigenvalue weighted by molar-refractivity contribution is 6.34. The van der Waals surface area contributed by atoms with E-state index in [2.05, 4.69) is 0 Å². The number of nitrogens with zero attached hydrogens (tertiary/aromatic N) is 1. The number of rotatable bonds is 4. The Morgan fingerprint density at radius 1 is 0.750 bits per heavy atom. The molecule has 6 rings (SSSR count). The molecule has 180 valence electrons. The first-order chi connectivity index (χ1) is 17.3. The lowest BCUT2D eigenvalue weighted by molar-refractivity contribution is -0.134. The largest absolute Gasteiger partial charge is 0.298 e. The van der Waals surface area contributed by atoms with E-state index >= 15 is 0 Å². The lowest BCUT2D eigenvalue weighted by Crippen LogP contribution is -2.41. The normalized spacial score (nSPS) is 28.9. The minimum atomic E-state index is -1.09. The summed E-state index contributed by atoms with van der Waals surface area (Å²) in [6.45, 7) is 7.76. The number of allylic oxidation sites excluding steroid dienone is 2. The number of anilines is 1. The minimum absolute atomic E-state index is 0.00696. The molecule has 1 saturated heterocycles. The fourth-order valence-electron chi connectivity index (χ4n) is 7.32. The van der Waals surface area contributed by atoms with Gasteiger partial charge in [-0.3, -0.25) is 14.4 Å². The highest BCUT2D eigenvalue weighted by Gasteiger charge is 2.79. The summed E-state index contributed by atoms with van der Waals surface area (Å²) in [5.74, 6) is -1.94. The molecule has 0 aromatic heterocycles. The average Bonchev–Trinajstić information content (AvgIpc) is 3.36. The van der Waals surface area contributed by atoms with E-state index in [1.807, 2.05) is 107 Å². The van der Waals surface area contributed by atoms with Gasteiger partial charge in [0.1, 0.15) is 0 Å². The van der Waals surface area contributed by atoms with Crippen LogP contribution in [0.15, 0.2) is 78.9 Å². The SMILES string of the molecule is CC[C@@]12C(=O)[C@@](C)(C(c3ccccc3)=C1c1ccccc1)[C@H]1C(=O)N(c3cc(C)ccc3C)C(=O)[C@H]12. The molecule has 2 fully saturated rings. The maximum absolute atomic E-state index is 14.5. The van der Waals surface area contributed by atoms with Crippen LogP contribution < -0.4 is 4.90 Å². The molecule has 2 aliphatic carbocycles. The highest BCUT2D eigenvalue weighted by atomic mass is 16.2. The molecule has 1 aliphatic heterocycles. The number of ketones is 1. The molecule has 0 spiro atoms. The molecule has 3 aliphatic rings. The quantitative estimate of drug-likeness (QED) is 0.434. The monoisotopic (exact) mass is 475 g/mol. The Morgan fingerprint density at radius 3 is 1.89 bits per heavy atom. The lowest BCUT2D eigenvalue weighted by atomic mass is 9.62. The van der Waals surface area contributed by atoms with Gasteiger partial charge in [-0.05, 0) is 66.7 Å². The van der Waals surface area contributed by atoms with E-state index in [1.54, 1.807) is 0 Å². The predicted molar refractivity (Wildman–Crippen MR) is 141 cm³/mol. The van der Waals surface area contributed by atoms with Crippen molar-refractivity contribution >= 4 is 34.4 Å². The van der Waals surface area contributed by atoms with Crippen molar-refractivity contribution in [2.75, 3.05) is 4.90 Å². The van der Waals surface area contributed by atoms with Crippen molar-refractivity contribution in [2.45, 2.75) is 34.1 Å². The van der Waals surface area contributed by atoms with Crippen LogP contribution in [0.25, 0.3) is 11.1 Å². The standard InChI is InChI=1S/C32H29NO3/c1-5-32-25(22-14-10-7-11-15-22)24(21-12-8-6-9-13-21)31(4,30(32)36)26-27(32)29(35)33(28(26)34)23-18-19(2)16-17-20(23)3/h6-18,26-27H,5H2,1-4H3/t26-,27+,31+,32-/m1/s1. The van der Waals surface area contributed by atoms with Crippen LogP contribution in [0.2, 0.25) is 0 Å².